The highest BCUT2D eigenvalue weighted by atomic mass is 16.8. The molecule has 3 fully saturated rings. The van der Waals surface area contributed by atoms with Crippen LogP contribution in [0.3, 0.4) is 0 Å². The summed E-state index contributed by atoms with van der Waals surface area (Å²) in [6.45, 7) is 21.4. The minimum atomic E-state index is -1.60. The Labute approximate surface area is 317 Å². The first-order valence-corrected chi connectivity index (χ1v) is 19.4. The maximum absolute atomic E-state index is 13.8. The van der Waals surface area contributed by atoms with E-state index in [0.717, 1.165) is 22.3 Å². The highest BCUT2D eigenvalue weighted by Crippen LogP contribution is 2.45. The number of cyclic esters (lactones) is 1. The number of esters is 1. The van der Waals surface area contributed by atoms with Crippen LogP contribution in [0.4, 0.5) is 4.79 Å². The lowest BCUT2D eigenvalue weighted by molar-refractivity contribution is -0.309. The number of rotatable bonds is 6. The molecule has 3 aliphatic rings. The summed E-state index contributed by atoms with van der Waals surface area (Å²) in [6, 6.07) is 3.95. The van der Waals surface area contributed by atoms with Gasteiger partial charge in [-0.1, -0.05) is 52.3 Å². The van der Waals surface area contributed by atoms with Gasteiger partial charge in [-0.05, 0) is 91.9 Å². The Bertz CT molecular complexity index is 1380. The van der Waals surface area contributed by atoms with Gasteiger partial charge in [-0.25, -0.2) is 4.79 Å². The van der Waals surface area contributed by atoms with Crippen molar-refractivity contribution in [3.8, 4) is 0 Å². The summed E-state index contributed by atoms with van der Waals surface area (Å²) in [5, 5.41) is 24.5. The number of hydrogen-bond acceptors (Lipinski definition) is 12. The van der Waals surface area contributed by atoms with E-state index in [1.54, 1.807) is 20.8 Å². The van der Waals surface area contributed by atoms with E-state index >= 15 is 0 Å². The maximum Gasteiger partial charge on any atom is 0.508 e. The molecule has 16 atom stereocenters. The molecule has 0 aromatic heterocycles. The fourth-order valence-electron chi connectivity index (χ4n) is 9.30. The van der Waals surface area contributed by atoms with Crippen LogP contribution in [0.2, 0.25) is 0 Å². The number of likely N-dealkylation sites (N-methyl/N-ethyl adjacent to an activating group) is 1. The summed E-state index contributed by atoms with van der Waals surface area (Å²) in [5.74, 6) is -2.88. The molecule has 0 amide bonds. The van der Waals surface area contributed by atoms with Crippen molar-refractivity contribution in [2.75, 3.05) is 21.2 Å². The van der Waals surface area contributed by atoms with Gasteiger partial charge in [-0.15, -0.1) is 0 Å². The number of carbonyl (C=O) groups is 2. The third kappa shape index (κ3) is 9.56. The van der Waals surface area contributed by atoms with Crippen LogP contribution in [0.25, 0.3) is 0 Å². The average Bonchev–Trinajstić information content (AvgIpc) is 3.08. The molecule has 53 heavy (non-hydrogen) atoms. The second-order valence-electron chi connectivity index (χ2n) is 16.8. The lowest BCUT2D eigenvalue weighted by Gasteiger charge is -2.50. The van der Waals surface area contributed by atoms with E-state index in [1.165, 1.54) is 7.11 Å². The van der Waals surface area contributed by atoms with Crippen molar-refractivity contribution >= 4 is 12.1 Å². The summed E-state index contributed by atoms with van der Waals surface area (Å²) in [5.41, 5.74) is 2.64. The van der Waals surface area contributed by atoms with Gasteiger partial charge in [-0.3, -0.25) is 4.79 Å². The summed E-state index contributed by atoms with van der Waals surface area (Å²) < 4.78 is 43.6. The Morgan fingerprint density at radius 1 is 0.962 bits per heavy atom. The zero-order chi connectivity index (χ0) is 39.7. The van der Waals surface area contributed by atoms with E-state index in [1.807, 2.05) is 32.8 Å². The van der Waals surface area contributed by atoms with Gasteiger partial charge in [-0.2, -0.15) is 0 Å². The number of nitrogens with zero attached hydrogens (tertiary/aromatic N) is 1. The van der Waals surface area contributed by atoms with Gasteiger partial charge in [0.15, 0.2) is 18.7 Å². The van der Waals surface area contributed by atoms with Crippen molar-refractivity contribution in [1.82, 2.24) is 4.90 Å². The largest absolute Gasteiger partial charge is 0.508 e. The summed E-state index contributed by atoms with van der Waals surface area (Å²) in [4.78, 5) is 28.3. The van der Waals surface area contributed by atoms with Crippen LogP contribution in [-0.4, -0.2) is 109 Å². The van der Waals surface area contributed by atoms with Crippen molar-refractivity contribution < 1.29 is 53.0 Å². The van der Waals surface area contributed by atoms with E-state index in [4.69, 9.17) is 33.2 Å². The van der Waals surface area contributed by atoms with Crippen LogP contribution in [0.15, 0.2) is 12.1 Å². The molecule has 0 saturated carbocycles. The molecule has 1 aromatic rings. The monoisotopic (exact) mass is 749 g/mol. The van der Waals surface area contributed by atoms with Crippen molar-refractivity contribution in [3.63, 3.8) is 0 Å². The second kappa shape index (κ2) is 17.6. The lowest BCUT2D eigenvalue weighted by atomic mass is 9.73. The first-order valence-electron chi connectivity index (χ1n) is 19.4. The van der Waals surface area contributed by atoms with Crippen LogP contribution in [0, 0.1) is 50.4 Å². The normalized spacial score (nSPS) is 41.7. The first-order chi connectivity index (χ1) is 24.7. The third-order valence-electron chi connectivity index (χ3n) is 12.1. The Hall–Kier alpha value is -2.32. The van der Waals surface area contributed by atoms with Crippen LogP contribution >= 0.6 is 0 Å². The molecule has 1 aromatic carbocycles. The van der Waals surface area contributed by atoms with E-state index in [9.17, 15) is 19.8 Å². The predicted octanol–water partition coefficient (Wildman–Crippen LogP) is 6.01. The van der Waals surface area contributed by atoms with Gasteiger partial charge in [0.2, 0.25) is 0 Å². The number of aryl methyl sites for hydroxylation is 3. The van der Waals surface area contributed by atoms with Gasteiger partial charge in [0.05, 0.1) is 55.2 Å². The molecule has 3 saturated heterocycles. The molecule has 302 valence electrons. The minimum Gasteiger partial charge on any atom is -0.462 e. The fourth-order valence-corrected chi connectivity index (χ4v) is 9.30. The molecule has 3 aliphatic heterocycles. The first kappa shape index (κ1) is 43.4. The van der Waals surface area contributed by atoms with Crippen LogP contribution in [0.1, 0.15) is 103 Å². The molecule has 12 nitrogen and oxygen atoms in total. The summed E-state index contributed by atoms with van der Waals surface area (Å²) in [7, 11) is 5.00. The zero-order valence-electron chi connectivity index (χ0n) is 34.5. The smallest absolute Gasteiger partial charge is 0.462 e. The highest BCUT2D eigenvalue weighted by molar-refractivity contribution is 5.73. The van der Waals surface area contributed by atoms with Gasteiger partial charge < -0.3 is 48.3 Å². The van der Waals surface area contributed by atoms with E-state index < -0.39 is 66.6 Å². The molecule has 4 rings (SSSR count). The topological polar surface area (TPSA) is 142 Å². The van der Waals surface area contributed by atoms with Crippen LogP contribution < -0.4 is 0 Å². The highest BCUT2D eigenvalue weighted by Gasteiger charge is 2.52. The number of carbonyl (C=O) groups excluding carboxylic acids is 2. The number of ether oxygens (including phenoxy) is 7. The number of fused-ring (bicyclic) bond motifs is 2. The molecule has 2 bridgehead atoms. The average molecular weight is 750 g/mol. The number of aliphatic hydroxyl groups excluding tert-OH is 1. The quantitative estimate of drug-likeness (QED) is 0.329. The number of benzene rings is 1. The van der Waals surface area contributed by atoms with Crippen LogP contribution in [-0.2, 0) is 38.0 Å². The number of methoxy groups -OCH3 is 1. The minimum absolute atomic E-state index is 0.144. The number of aliphatic hydroxyl groups is 2. The standard InChI is InChI=1S/C41H67NO11/c1-15-30-25(7)34-28(10)33(50-38(51-34)31-21(3)16-20(2)17-22(31)4)23(5)19-41(11,46)36(26(8)32(43)27(9)37(44)49-30)53-39-35(52-40(45)47-14)29(42(12)13)18-24(6)48-39/h16-17,23-30,32-36,38-39,43,46H,15,18-19H2,1-14H3/t23-,24-,25+,26+,27-,28+,29+,30-,32+,33+,34+,35-,36-,38-,39+,41-/m1/s1. The molecule has 3 heterocycles. The van der Waals surface area contributed by atoms with Gasteiger partial charge in [0.1, 0.15) is 6.10 Å². The fraction of sp³-hybridized carbons (Fsp3) is 0.805. The predicted molar refractivity (Wildman–Crippen MR) is 199 cm³/mol. The van der Waals surface area contributed by atoms with Gasteiger partial charge in [0.25, 0.3) is 0 Å². The van der Waals surface area contributed by atoms with Crippen molar-refractivity contribution in [2.45, 2.75) is 162 Å². The zero-order valence-corrected chi connectivity index (χ0v) is 34.5. The molecule has 0 radical (unpaired) electrons. The molecular weight excluding hydrogens is 682 g/mol. The molecule has 2 N–H and O–H groups in total. The SMILES string of the molecule is CC[C@H]1OC(=O)[C@H](C)[C@@H](O)[C@H](C)[C@@H](O[C@@H]2O[C@H](C)C[C@H](N(C)C)[C@H]2OC(=O)OC)[C@](C)(O)C[C@@H](C)[C@@H]2O[C@@H](c3c(C)cc(C)cc3C)O[C@H]([C@H]2C)[C@H]1C. The van der Waals surface area contributed by atoms with Gasteiger partial charge in [0, 0.05) is 23.3 Å². The summed E-state index contributed by atoms with van der Waals surface area (Å²) in [6.07, 6.45) is -6.16. The Kier molecular flexibility index (Phi) is 14.5. The van der Waals surface area contributed by atoms with E-state index in [0.29, 0.717) is 12.8 Å². The van der Waals surface area contributed by atoms with Crippen molar-refractivity contribution in [1.29, 1.82) is 0 Å². The summed E-state index contributed by atoms with van der Waals surface area (Å²) >= 11 is 0. The van der Waals surface area contributed by atoms with Crippen molar-refractivity contribution in [2.24, 2.45) is 29.6 Å². The Morgan fingerprint density at radius 2 is 1.57 bits per heavy atom. The molecule has 0 unspecified atom stereocenters. The van der Waals surface area contributed by atoms with Crippen molar-refractivity contribution in [3.05, 3.63) is 34.4 Å². The van der Waals surface area contributed by atoms with E-state index in [2.05, 4.69) is 53.7 Å². The Morgan fingerprint density at radius 3 is 2.13 bits per heavy atom. The van der Waals surface area contributed by atoms with Gasteiger partial charge >= 0.3 is 12.1 Å². The molecule has 12 heteroatoms. The van der Waals surface area contributed by atoms with Crippen LogP contribution in [0.5, 0.6) is 0 Å². The third-order valence-corrected chi connectivity index (χ3v) is 12.1. The lowest BCUT2D eigenvalue weighted by Crippen LogP contribution is -2.60. The molecular formula is C41H67NO11. The maximum atomic E-state index is 13.8. The molecule has 0 aliphatic carbocycles. The number of hydrogen-bond donors (Lipinski definition) is 2. The Balaban J connectivity index is 1.81. The molecule has 0 spiro atoms. The van der Waals surface area contributed by atoms with E-state index in [-0.39, 0.29) is 48.5 Å². The second-order valence-corrected chi connectivity index (χ2v) is 16.8.